The van der Waals surface area contributed by atoms with Crippen LogP contribution in [0.15, 0.2) is 73.1 Å². The number of nitrogens with zero attached hydrogens (tertiary/aromatic N) is 3. The first-order chi connectivity index (χ1) is 14.7. The minimum Gasteiger partial charge on any atom is -0.337 e. The molecule has 0 spiro atoms. The number of aromatic nitrogens is 4. The number of H-pyrrole nitrogens is 1. The average molecular weight is 411 g/mol. The van der Waals surface area contributed by atoms with Crippen molar-refractivity contribution >= 4 is 34.0 Å². The number of thiazole rings is 1. The highest BCUT2D eigenvalue weighted by atomic mass is 32.1. The minimum absolute atomic E-state index is 0.226. The van der Waals surface area contributed by atoms with Gasteiger partial charge in [-0.3, -0.25) is 9.78 Å². The van der Waals surface area contributed by atoms with Crippen LogP contribution in [-0.4, -0.2) is 25.8 Å². The predicted octanol–water partition coefficient (Wildman–Crippen LogP) is 5.31. The highest BCUT2D eigenvalue weighted by Crippen LogP contribution is 2.36. The Balaban J connectivity index is 1.57. The third-order valence-electron chi connectivity index (χ3n) is 4.67. The highest BCUT2D eigenvalue weighted by molar-refractivity contribution is 7.15. The molecule has 6 nitrogen and oxygen atoms in total. The lowest BCUT2D eigenvalue weighted by molar-refractivity contribution is 0.102. The van der Waals surface area contributed by atoms with E-state index < -0.39 is 0 Å². The molecular weight excluding hydrogens is 394 g/mol. The Labute approximate surface area is 176 Å². The smallest absolute Gasteiger partial charge is 0.257 e. The van der Waals surface area contributed by atoms with Crippen LogP contribution in [0.25, 0.3) is 33.0 Å². The molecule has 3 aromatic heterocycles. The van der Waals surface area contributed by atoms with Gasteiger partial charge in [0.1, 0.15) is 5.52 Å². The van der Waals surface area contributed by atoms with Crippen molar-refractivity contribution in [1.82, 2.24) is 19.9 Å². The molecule has 5 aromatic rings. The van der Waals surface area contributed by atoms with Gasteiger partial charge >= 0.3 is 0 Å². The van der Waals surface area contributed by atoms with E-state index in [0.29, 0.717) is 22.6 Å². The molecule has 3 heterocycles. The fourth-order valence-electron chi connectivity index (χ4n) is 3.34. The van der Waals surface area contributed by atoms with Crippen molar-refractivity contribution in [3.63, 3.8) is 0 Å². The number of para-hydroxylation sites is 1. The van der Waals surface area contributed by atoms with Gasteiger partial charge < -0.3 is 10.3 Å². The molecule has 5 rings (SSSR count). The first-order valence-electron chi connectivity index (χ1n) is 9.42. The van der Waals surface area contributed by atoms with E-state index in [9.17, 15) is 4.79 Å². The maximum Gasteiger partial charge on any atom is 0.257 e. The van der Waals surface area contributed by atoms with Gasteiger partial charge in [-0.1, -0.05) is 36.4 Å². The first-order valence-corrected chi connectivity index (χ1v) is 10.2. The number of imidazole rings is 1. The summed E-state index contributed by atoms with van der Waals surface area (Å²) in [4.78, 5) is 30.7. The molecule has 0 fully saturated rings. The minimum atomic E-state index is -0.226. The maximum atomic E-state index is 12.9. The van der Waals surface area contributed by atoms with E-state index in [0.717, 1.165) is 26.7 Å². The van der Waals surface area contributed by atoms with Crippen molar-refractivity contribution in [3.8, 4) is 22.0 Å². The van der Waals surface area contributed by atoms with Gasteiger partial charge in [0.25, 0.3) is 5.91 Å². The lowest BCUT2D eigenvalue weighted by Crippen LogP contribution is -2.12. The van der Waals surface area contributed by atoms with E-state index in [4.69, 9.17) is 9.97 Å². The van der Waals surface area contributed by atoms with E-state index in [1.54, 1.807) is 41.9 Å². The van der Waals surface area contributed by atoms with Crippen LogP contribution in [0.1, 0.15) is 15.4 Å². The van der Waals surface area contributed by atoms with Crippen LogP contribution >= 0.6 is 11.3 Å². The number of nitrogens with one attached hydrogen (secondary N) is 2. The van der Waals surface area contributed by atoms with Crippen LogP contribution < -0.4 is 5.32 Å². The molecule has 0 aliphatic rings. The summed E-state index contributed by atoms with van der Waals surface area (Å²) in [6.07, 6.45) is 3.28. The number of hydrogen-bond donors (Lipinski definition) is 2. The third kappa shape index (κ3) is 3.35. The van der Waals surface area contributed by atoms with Gasteiger partial charge in [0.05, 0.1) is 38.5 Å². The Bertz CT molecular complexity index is 1340. The summed E-state index contributed by atoms with van der Waals surface area (Å²) in [5.41, 5.74) is 4.49. The van der Waals surface area contributed by atoms with E-state index in [-0.39, 0.29) is 5.91 Å². The molecule has 0 aliphatic heterocycles. The summed E-state index contributed by atoms with van der Waals surface area (Å²) in [6, 6.07) is 19.2. The predicted molar refractivity (Wildman–Crippen MR) is 120 cm³/mol. The maximum absolute atomic E-state index is 12.9. The standard InChI is InChI=1S/C23H17N5OS/c1-14-25-19(15-7-3-2-4-8-15)21(30-14)22-27-18-11-5-10-17(20(18)28-22)23(29)26-16-9-6-12-24-13-16/h2-13H,1H3,(H,26,29)(H,27,28). The monoisotopic (exact) mass is 411 g/mol. The average Bonchev–Trinajstić information content (AvgIpc) is 3.38. The number of carbonyl (C=O) groups excluding carboxylic acids is 1. The second kappa shape index (κ2) is 7.53. The van der Waals surface area contributed by atoms with E-state index in [1.165, 1.54) is 0 Å². The van der Waals surface area contributed by atoms with Gasteiger partial charge in [0.15, 0.2) is 5.82 Å². The van der Waals surface area contributed by atoms with Gasteiger partial charge in [-0.05, 0) is 31.2 Å². The summed E-state index contributed by atoms with van der Waals surface area (Å²) in [6.45, 7) is 1.98. The normalized spacial score (nSPS) is 11.0. The zero-order valence-corrected chi connectivity index (χ0v) is 16.9. The van der Waals surface area contributed by atoms with Crippen LogP contribution in [0.5, 0.6) is 0 Å². The summed E-state index contributed by atoms with van der Waals surface area (Å²) in [7, 11) is 0. The molecule has 2 N–H and O–H groups in total. The zero-order chi connectivity index (χ0) is 20.5. The van der Waals surface area contributed by atoms with Crippen molar-refractivity contribution in [1.29, 1.82) is 0 Å². The van der Waals surface area contributed by atoms with Crippen molar-refractivity contribution < 1.29 is 4.79 Å². The molecule has 0 aliphatic carbocycles. The molecule has 0 radical (unpaired) electrons. The molecule has 7 heteroatoms. The number of pyridine rings is 1. The summed E-state index contributed by atoms with van der Waals surface area (Å²) in [5.74, 6) is 0.478. The number of carbonyl (C=O) groups is 1. The van der Waals surface area contributed by atoms with Crippen LogP contribution in [0.4, 0.5) is 5.69 Å². The molecule has 0 saturated heterocycles. The Morgan fingerprint density at radius 3 is 2.67 bits per heavy atom. The van der Waals surface area contributed by atoms with E-state index in [2.05, 4.69) is 15.3 Å². The van der Waals surface area contributed by atoms with Gasteiger partial charge in [-0.15, -0.1) is 11.3 Å². The molecule has 30 heavy (non-hydrogen) atoms. The lowest BCUT2D eigenvalue weighted by atomic mass is 10.1. The highest BCUT2D eigenvalue weighted by Gasteiger charge is 2.19. The Morgan fingerprint density at radius 2 is 1.87 bits per heavy atom. The van der Waals surface area contributed by atoms with Crippen LogP contribution in [0, 0.1) is 6.92 Å². The Morgan fingerprint density at radius 1 is 1.00 bits per heavy atom. The molecule has 0 bridgehead atoms. The molecule has 1 amide bonds. The SMILES string of the molecule is Cc1nc(-c2ccccc2)c(-c2nc3c(C(=O)Nc4cccnc4)cccc3[nH]2)s1. The number of aryl methyl sites for hydroxylation is 1. The van der Waals surface area contributed by atoms with Crippen molar-refractivity contribution in [2.75, 3.05) is 5.32 Å². The molecule has 0 atom stereocenters. The molecular formula is C23H17N5OS. The van der Waals surface area contributed by atoms with Crippen molar-refractivity contribution in [3.05, 3.63) is 83.6 Å². The van der Waals surface area contributed by atoms with Gasteiger partial charge in [-0.2, -0.15) is 0 Å². The number of amides is 1. The first kappa shape index (κ1) is 18.2. The Kier molecular flexibility index (Phi) is 4.57. The third-order valence-corrected chi connectivity index (χ3v) is 5.65. The van der Waals surface area contributed by atoms with Gasteiger partial charge in [0.2, 0.25) is 0 Å². The largest absolute Gasteiger partial charge is 0.337 e. The zero-order valence-electron chi connectivity index (χ0n) is 16.1. The Hall–Kier alpha value is -3.84. The fraction of sp³-hybridized carbons (Fsp3) is 0.0435. The molecule has 0 unspecified atom stereocenters. The number of aromatic amines is 1. The number of benzene rings is 2. The van der Waals surface area contributed by atoms with Gasteiger partial charge in [-0.25, -0.2) is 9.97 Å². The second-order valence-corrected chi connectivity index (χ2v) is 7.96. The summed E-state index contributed by atoms with van der Waals surface area (Å²) >= 11 is 1.58. The van der Waals surface area contributed by atoms with Gasteiger partial charge in [0, 0.05) is 11.8 Å². The summed E-state index contributed by atoms with van der Waals surface area (Å²) in [5, 5.41) is 3.83. The van der Waals surface area contributed by atoms with E-state index >= 15 is 0 Å². The molecule has 146 valence electrons. The number of fused-ring (bicyclic) bond motifs is 1. The van der Waals surface area contributed by atoms with Crippen molar-refractivity contribution in [2.24, 2.45) is 0 Å². The molecule has 0 saturated carbocycles. The topological polar surface area (TPSA) is 83.6 Å². The number of rotatable bonds is 4. The second-order valence-electron chi connectivity index (χ2n) is 6.76. The van der Waals surface area contributed by atoms with Crippen LogP contribution in [-0.2, 0) is 0 Å². The fourth-order valence-corrected chi connectivity index (χ4v) is 4.22. The van der Waals surface area contributed by atoms with Crippen molar-refractivity contribution in [2.45, 2.75) is 6.92 Å². The summed E-state index contributed by atoms with van der Waals surface area (Å²) < 4.78 is 0. The molecule has 2 aromatic carbocycles. The van der Waals surface area contributed by atoms with Crippen LogP contribution in [0.3, 0.4) is 0 Å². The lowest BCUT2D eigenvalue weighted by Gasteiger charge is -2.04. The van der Waals surface area contributed by atoms with Crippen LogP contribution in [0.2, 0.25) is 0 Å². The number of anilines is 1. The quantitative estimate of drug-likeness (QED) is 0.420. The number of hydrogen-bond acceptors (Lipinski definition) is 5. The van der Waals surface area contributed by atoms with E-state index in [1.807, 2.05) is 49.4 Å².